The van der Waals surface area contributed by atoms with Gasteiger partial charge in [0.2, 0.25) is 0 Å². The molecule has 2 aliphatic heterocycles. The molecule has 3 amide bonds. The van der Waals surface area contributed by atoms with Crippen LogP contribution < -0.4 is 10.1 Å². The van der Waals surface area contributed by atoms with Crippen molar-refractivity contribution in [3.63, 3.8) is 0 Å². The zero-order valence-corrected chi connectivity index (χ0v) is 24.6. The molecule has 0 saturated carbocycles. The molecule has 1 saturated heterocycles. The number of ether oxygens (including phenoxy) is 2. The van der Waals surface area contributed by atoms with Gasteiger partial charge in [-0.3, -0.25) is 14.6 Å². The first kappa shape index (κ1) is 30.5. The first-order valence-corrected chi connectivity index (χ1v) is 14.6. The maximum atomic E-state index is 14.3. The lowest BCUT2D eigenvalue weighted by molar-refractivity contribution is -0.139. The summed E-state index contributed by atoms with van der Waals surface area (Å²) in [5.74, 6) is -0.246. The van der Waals surface area contributed by atoms with Crippen molar-refractivity contribution in [2.75, 3.05) is 45.9 Å². The molecular weight excluding hydrogens is 563 g/mol. The number of para-hydroxylation sites is 1. The average molecular weight is 599 g/mol. The van der Waals surface area contributed by atoms with Crippen LogP contribution in [0.4, 0.5) is 9.18 Å². The number of nitrogens with one attached hydrogen (secondary N) is 1. The molecule has 44 heavy (non-hydrogen) atoms. The van der Waals surface area contributed by atoms with Crippen LogP contribution in [-0.4, -0.2) is 78.5 Å². The number of carbonyl (C=O) groups is 3. The van der Waals surface area contributed by atoms with Gasteiger partial charge in [0.15, 0.2) is 0 Å². The van der Waals surface area contributed by atoms with Gasteiger partial charge >= 0.3 is 12.0 Å². The van der Waals surface area contributed by atoms with E-state index in [1.54, 1.807) is 36.1 Å². The topological polar surface area (TPSA) is 91.4 Å². The lowest BCUT2D eigenvalue weighted by Crippen LogP contribution is -2.54. The number of hydrogen-bond donors (Lipinski definition) is 1. The molecule has 9 nitrogen and oxygen atoms in total. The van der Waals surface area contributed by atoms with Crippen molar-refractivity contribution in [1.29, 1.82) is 0 Å². The molecule has 3 aromatic rings. The second kappa shape index (κ2) is 14.0. The highest BCUT2D eigenvalue weighted by Gasteiger charge is 2.39. The average Bonchev–Trinajstić information content (AvgIpc) is 3.03. The number of benzene rings is 3. The number of halogens is 1. The molecule has 228 valence electrons. The van der Waals surface area contributed by atoms with Crippen molar-refractivity contribution in [3.8, 4) is 11.5 Å². The minimum Gasteiger partial charge on any atom is -0.463 e. The van der Waals surface area contributed by atoms with Crippen molar-refractivity contribution >= 4 is 17.9 Å². The Hall–Kier alpha value is -4.96. The zero-order chi connectivity index (χ0) is 31.1. The van der Waals surface area contributed by atoms with E-state index in [1.165, 1.54) is 17.0 Å². The van der Waals surface area contributed by atoms with E-state index in [2.05, 4.69) is 16.8 Å². The highest BCUT2D eigenvalue weighted by molar-refractivity contribution is 5.96. The van der Waals surface area contributed by atoms with Gasteiger partial charge in [-0.1, -0.05) is 48.5 Å². The minimum atomic E-state index is -0.791. The van der Waals surface area contributed by atoms with Crippen LogP contribution >= 0.6 is 0 Å². The number of rotatable bonds is 10. The summed E-state index contributed by atoms with van der Waals surface area (Å²) in [6.07, 6.45) is 1.60. The van der Waals surface area contributed by atoms with Crippen LogP contribution in [0.5, 0.6) is 11.5 Å². The van der Waals surface area contributed by atoms with Gasteiger partial charge in [-0.2, -0.15) is 0 Å². The molecule has 2 aliphatic rings. The second-order valence-corrected chi connectivity index (χ2v) is 10.4. The third-order valence-corrected chi connectivity index (χ3v) is 7.55. The van der Waals surface area contributed by atoms with Crippen molar-refractivity contribution in [3.05, 3.63) is 120 Å². The molecule has 5 rings (SSSR count). The molecule has 0 bridgehead atoms. The first-order valence-electron chi connectivity index (χ1n) is 14.6. The standard InChI is InChI=1S/C34H35FN4O5/c1-3-17-39-29(23-37-18-20-38(21-19-37)32(40)27-15-8-9-16-28(27)35)30(33(41)43-4-2)31(36-34(39)42)24-11-10-14-26(22-24)44-25-12-6-5-7-13-25/h3,5-16,22,31H,1,4,17-21,23H2,2H3,(H,36,42). The van der Waals surface area contributed by atoms with Crippen LogP contribution in [0.15, 0.2) is 103 Å². The fourth-order valence-electron chi connectivity index (χ4n) is 5.40. The number of carbonyl (C=O) groups excluding carboxylic acids is 3. The smallest absolute Gasteiger partial charge is 0.338 e. The predicted molar refractivity (Wildman–Crippen MR) is 164 cm³/mol. The van der Waals surface area contributed by atoms with Crippen molar-refractivity contribution in [1.82, 2.24) is 20.0 Å². The molecule has 1 unspecified atom stereocenters. The molecular formula is C34H35FN4O5. The Bertz CT molecular complexity index is 1550. The van der Waals surface area contributed by atoms with Gasteiger partial charge in [-0.25, -0.2) is 14.0 Å². The summed E-state index contributed by atoms with van der Waals surface area (Å²) in [5, 5.41) is 2.98. The molecule has 0 radical (unpaired) electrons. The van der Waals surface area contributed by atoms with E-state index in [9.17, 15) is 18.8 Å². The fourth-order valence-corrected chi connectivity index (χ4v) is 5.40. The number of nitrogens with zero attached hydrogens (tertiary/aromatic N) is 3. The van der Waals surface area contributed by atoms with E-state index >= 15 is 0 Å². The molecule has 0 spiro atoms. The van der Waals surface area contributed by atoms with Crippen molar-refractivity contribution < 1.29 is 28.2 Å². The van der Waals surface area contributed by atoms with Gasteiger partial charge in [-0.15, -0.1) is 6.58 Å². The molecule has 3 aromatic carbocycles. The van der Waals surface area contributed by atoms with Gasteiger partial charge in [-0.05, 0) is 48.9 Å². The number of hydrogen-bond acceptors (Lipinski definition) is 6. The maximum Gasteiger partial charge on any atom is 0.338 e. The molecule has 0 aliphatic carbocycles. The van der Waals surface area contributed by atoms with Crippen LogP contribution in [0.25, 0.3) is 0 Å². The second-order valence-electron chi connectivity index (χ2n) is 10.4. The number of amides is 3. The zero-order valence-electron chi connectivity index (χ0n) is 24.6. The number of piperazine rings is 1. The van der Waals surface area contributed by atoms with Gasteiger partial charge < -0.3 is 19.7 Å². The largest absolute Gasteiger partial charge is 0.463 e. The third-order valence-electron chi connectivity index (χ3n) is 7.55. The summed E-state index contributed by atoms with van der Waals surface area (Å²) in [6, 6.07) is 21.3. The van der Waals surface area contributed by atoms with Crippen LogP contribution in [0.1, 0.15) is 28.9 Å². The Morgan fingerprint density at radius 1 is 0.977 bits per heavy atom. The molecule has 1 N–H and O–H groups in total. The van der Waals surface area contributed by atoms with Crippen molar-refractivity contribution in [2.24, 2.45) is 0 Å². The highest BCUT2D eigenvalue weighted by Crippen LogP contribution is 2.34. The summed E-state index contributed by atoms with van der Waals surface area (Å²) in [5.41, 5.74) is 1.51. The lowest BCUT2D eigenvalue weighted by atomic mass is 9.93. The van der Waals surface area contributed by atoms with Crippen LogP contribution in [-0.2, 0) is 9.53 Å². The summed E-state index contributed by atoms with van der Waals surface area (Å²) < 4.78 is 25.8. The predicted octanol–water partition coefficient (Wildman–Crippen LogP) is 5.15. The summed E-state index contributed by atoms with van der Waals surface area (Å²) in [6.45, 7) is 7.80. The molecule has 1 atom stereocenters. The Labute approximate surface area is 256 Å². The Kier molecular flexibility index (Phi) is 9.71. The highest BCUT2D eigenvalue weighted by atomic mass is 19.1. The fraction of sp³-hybridized carbons (Fsp3) is 0.265. The number of urea groups is 1. The normalized spacial score (nSPS) is 17.2. The van der Waals surface area contributed by atoms with Gasteiger partial charge in [0.25, 0.3) is 5.91 Å². The van der Waals surface area contributed by atoms with Gasteiger partial charge in [0, 0.05) is 45.0 Å². The summed E-state index contributed by atoms with van der Waals surface area (Å²) in [4.78, 5) is 45.2. The Balaban J connectivity index is 1.44. The monoisotopic (exact) mass is 598 g/mol. The summed E-state index contributed by atoms with van der Waals surface area (Å²) >= 11 is 0. The van der Waals surface area contributed by atoms with E-state index in [-0.39, 0.29) is 37.2 Å². The van der Waals surface area contributed by atoms with E-state index in [4.69, 9.17) is 9.47 Å². The molecule has 0 aromatic heterocycles. The SMILES string of the molecule is C=CCN1C(=O)NC(c2cccc(Oc3ccccc3)c2)C(C(=O)OCC)=C1CN1CCN(C(=O)c2ccccc2F)CC1. The van der Waals surface area contributed by atoms with Gasteiger partial charge in [0.05, 0.1) is 23.8 Å². The number of esters is 1. The third kappa shape index (κ3) is 6.81. The van der Waals surface area contributed by atoms with Crippen molar-refractivity contribution in [2.45, 2.75) is 13.0 Å². The van der Waals surface area contributed by atoms with Crippen LogP contribution in [0.3, 0.4) is 0 Å². The van der Waals surface area contributed by atoms with E-state index in [0.29, 0.717) is 54.5 Å². The minimum absolute atomic E-state index is 0.0377. The maximum absolute atomic E-state index is 14.3. The van der Waals surface area contributed by atoms with Crippen LogP contribution in [0.2, 0.25) is 0 Å². The summed E-state index contributed by atoms with van der Waals surface area (Å²) in [7, 11) is 0. The van der Waals surface area contributed by atoms with Gasteiger partial charge in [0.1, 0.15) is 17.3 Å². The van der Waals surface area contributed by atoms with E-state index in [1.807, 2.05) is 48.5 Å². The van der Waals surface area contributed by atoms with Crippen LogP contribution in [0, 0.1) is 5.82 Å². The lowest BCUT2D eigenvalue weighted by Gasteiger charge is -2.40. The van der Waals surface area contributed by atoms with E-state index in [0.717, 1.165) is 0 Å². The Morgan fingerprint density at radius 3 is 2.39 bits per heavy atom. The first-order chi connectivity index (χ1) is 21.4. The molecule has 10 heteroatoms. The van der Waals surface area contributed by atoms with E-state index < -0.39 is 17.8 Å². The molecule has 1 fully saturated rings. The molecule has 2 heterocycles. The quantitative estimate of drug-likeness (QED) is 0.257. The Morgan fingerprint density at radius 2 is 1.68 bits per heavy atom.